The van der Waals surface area contributed by atoms with Gasteiger partial charge in [0.05, 0.1) is 13.2 Å². The highest BCUT2D eigenvalue weighted by atomic mass is 16.5. The van der Waals surface area contributed by atoms with E-state index < -0.39 is 6.10 Å². The SMILES string of the molecule is C=CCOCc1ccccc1OCC(O)CNCCc1ccccc1. The second kappa shape index (κ2) is 11.4. The van der Waals surface area contributed by atoms with Crippen molar-refractivity contribution in [3.8, 4) is 5.75 Å². The van der Waals surface area contributed by atoms with Crippen molar-refractivity contribution in [2.75, 3.05) is 26.3 Å². The van der Waals surface area contributed by atoms with Crippen LogP contribution in [-0.2, 0) is 17.8 Å². The van der Waals surface area contributed by atoms with Crippen molar-refractivity contribution in [1.29, 1.82) is 0 Å². The van der Waals surface area contributed by atoms with Crippen LogP contribution in [0.15, 0.2) is 67.3 Å². The molecule has 134 valence electrons. The van der Waals surface area contributed by atoms with Gasteiger partial charge in [0.15, 0.2) is 0 Å². The molecular formula is C21H27NO3. The Balaban J connectivity index is 1.67. The van der Waals surface area contributed by atoms with Crippen molar-refractivity contribution >= 4 is 0 Å². The minimum atomic E-state index is -0.557. The van der Waals surface area contributed by atoms with E-state index in [-0.39, 0.29) is 6.61 Å². The van der Waals surface area contributed by atoms with Crippen LogP contribution >= 0.6 is 0 Å². The Bertz CT molecular complexity index is 616. The van der Waals surface area contributed by atoms with Gasteiger partial charge in [0.2, 0.25) is 0 Å². The molecule has 0 radical (unpaired) electrons. The van der Waals surface area contributed by atoms with E-state index in [0.717, 1.165) is 24.3 Å². The predicted octanol–water partition coefficient (Wildman–Crippen LogP) is 2.96. The van der Waals surface area contributed by atoms with Crippen LogP contribution in [0.2, 0.25) is 0 Å². The largest absolute Gasteiger partial charge is 0.490 e. The predicted molar refractivity (Wildman–Crippen MR) is 101 cm³/mol. The molecule has 1 atom stereocenters. The maximum atomic E-state index is 10.1. The molecule has 4 nitrogen and oxygen atoms in total. The molecule has 0 saturated heterocycles. The van der Waals surface area contributed by atoms with Crippen molar-refractivity contribution in [2.45, 2.75) is 19.1 Å². The Morgan fingerprint density at radius 2 is 1.84 bits per heavy atom. The number of ether oxygens (including phenoxy) is 2. The summed E-state index contributed by atoms with van der Waals surface area (Å²) in [6.45, 7) is 6.18. The van der Waals surface area contributed by atoms with E-state index in [1.165, 1.54) is 5.56 Å². The number of hydrogen-bond acceptors (Lipinski definition) is 4. The van der Waals surface area contributed by atoms with E-state index in [9.17, 15) is 5.11 Å². The van der Waals surface area contributed by atoms with Crippen molar-refractivity contribution < 1.29 is 14.6 Å². The minimum Gasteiger partial charge on any atom is -0.490 e. The van der Waals surface area contributed by atoms with E-state index in [1.807, 2.05) is 42.5 Å². The van der Waals surface area contributed by atoms with Crippen LogP contribution in [0.1, 0.15) is 11.1 Å². The molecule has 0 aliphatic rings. The van der Waals surface area contributed by atoms with Gasteiger partial charge in [-0.2, -0.15) is 0 Å². The summed E-state index contributed by atoms with van der Waals surface area (Å²) in [5.74, 6) is 0.745. The lowest BCUT2D eigenvalue weighted by atomic mass is 10.1. The summed E-state index contributed by atoms with van der Waals surface area (Å²) in [7, 11) is 0. The molecule has 0 aliphatic heterocycles. The van der Waals surface area contributed by atoms with E-state index in [1.54, 1.807) is 6.08 Å². The van der Waals surface area contributed by atoms with E-state index >= 15 is 0 Å². The zero-order valence-electron chi connectivity index (χ0n) is 14.6. The molecule has 2 aromatic carbocycles. The van der Waals surface area contributed by atoms with Crippen LogP contribution in [0.25, 0.3) is 0 Å². The molecule has 0 spiro atoms. The number of aliphatic hydroxyl groups is 1. The summed E-state index contributed by atoms with van der Waals surface area (Å²) in [6.07, 6.45) is 2.10. The summed E-state index contributed by atoms with van der Waals surface area (Å²) in [6, 6.07) is 18.0. The lowest BCUT2D eigenvalue weighted by Crippen LogP contribution is -2.32. The van der Waals surface area contributed by atoms with Crippen molar-refractivity contribution in [3.63, 3.8) is 0 Å². The summed E-state index contributed by atoms with van der Waals surface area (Å²) in [4.78, 5) is 0. The third-order valence-corrected chi connectivity index (χ3v) is 3.71. The van der Waals surface area contributed by atoms with Gasteiger partial charge in [0.1, 0.15) is 18.5 Å². The molecule has 0 aromatic heterocycles. The fourth-order valence-electron chi connectivity index (χ4n) is 2.41. The Labute approximate surface area is 150 Å². The van der Waals surface area contributed by atoms with Gasteiger partial charge >= 0.3 is 0 Å². The van der Waals surface area contributed by atoms with E-state index in [0.29, 0.717) is 19.8 Å². The highest BCUT2D eigenvalue weighted by Gasteiger charge is 2.08. The van der Waals surface area contributed by atoms with Gasteiger partial charge in [-0.15, -0.1) is 6.58 Å². The van der Waals surface area contributed by atoms with Crippen molar-refractivity contribution in [3.05, 3.63) is 78.4 Å². The lowest BCUT2D eigenvalue weighted by molar-refractivity contribution is 0.102. The molecule has 4 heteroatoms. The van der Waals surface area contributed by atoms with Gasteiger partial charge < -0.3 is 19.9 Å². The number of benzene rings is 2. The van der Waals surface area contributed by atoms with Gasteiger partial charge in [-0.05, 0) is 24.6 Å². The van der Waals surface area contributed by atoms with Crippen LogP contribution < -0.4 is 10.1 Å². The number of rotatable bonds is 12. The van der Waals surface area contributed by atoms with Gasteiger partial charge in [-0.25, -0.2) is 0 Å². The Morgan fingerprint density at radius 3 is 2.64 bits per heavy atom. The molecule has 1 unspecified atom stereocenters. The van der Waals surface area contributed by atoms with Gasteiger partial charge in [-0.3, -0.25) is 0 Å². The summed E-state index contributed by atoms with van der Waals surface area (Å²) in [5.41, 5.74) is 2.25. The monoisotopic (exact) mass is 341 g/mol. The first-order valence-electron chi connectivity index (χ1n) is 8.61. The molecule has 0 heterocycles. The fraction of sp³-hybridized carbons (Fsp3) is 0.333. The maximum absolute atomic E-state index is 10.1. The number of hydrogen-bond donors (Lipinski definition) is 2. The number of para-hydroxylation sites is 1. The first-order valence-corrected chi connectivity index (χ1v) is 8.61. The zero-order chi connectivity index (χ0) is 17.7. The third kappa shape index (κ3) is 7.52. The summed E-state index contributed by atoms with van der Waals surface area (Å²) < 4.78 is 11.2. The molecule has 2 N–H and O–H groups in total. The Hall–Kier alpha value is -2.14. The first kappa shape index (κ1) is 19.2. The highest BCUT2D eigenvalue weighted by Crippen LogP contribution is 2.19. The second-order valence-corrected chi connectivity index (χ2v) is 5.82. The normalized spacial score (nSPS) is 11.9. The average molecular weight is 341 g/mol. The topological polar surface area (TPSA) is 50.7 Å². The van der Waals surface area contributed by atoms with E-state index in [2.05, 4.69) is 24.0 Å². The van der Waals surface area contributed by atoms with Gasteiger partial charge in [0.25, 0.3) is 0 Å². The van der Waals surface area contributed by atoms with Crippen LogP contribution in [0.4, 0.5) is 0 Å². The molecule has 0 bridgehead atoms. The number of aliphatic hydroxyl groups excluding tert-OH is 1. The van der Waals surface area contributed by atoms with Crippen molar-refractivity contribution in [2.24, 2.45) is 0 Å². The maximum Gasteiger partial charge on any atom is 0.124 e. The molecular weight excluding hydrogens is 314 g/mol. The Kier molecular flexibility index (Phi) is 8.77. The molecule has 0 fully saturated rings. The molecule has 2 rings (SSSR count). The van der Waals surface area contributed by atoms with Crippen molar-refractivity contribution in [1.82, 2.24) is 5.32 Å². The zero-order valence-corrected chi connectivity index (χ0v) is 14.6. The average Bonchev–Trinajstić information content (AvgIpc) is 2.65. The lowest BCUT2D eigenvalue weighted by Gasteiger charge is -2.15. The Morgan fingerprint density at radius 1 is 1.08 bits per heavy atom. The minimum absolute atomic E-state index is 0.247. The highest BCUT2D eigenvalue weighted by molar-refractivity contribution is 5.32. The molecule has 25 heavy (non-hydrogen) atoms. The van der Waals surface area contributed by atoms with Gasteiger partial charge in [-0.1, -0.05) is 54.6 Å². The second-order valence-electron chi connectivity index (χ2n) is 5.82. The first-order chi connectivity index (χ1) is 12.3. The fourth-order valence-corrected chi connectivity index (χ4v) is 2.41. The third-order valence-electron chi connectivity index (χ3n) is 3.71. The van der Waals surface area contributed by atoms with Gasteiger partial charge in [0, 0.05) is 12.1 Å². The summed E-state index contributed by atoms with van der Waals surface area (Å²) in [5, 5.41) is 13.3. The smallest absolute Gasteiger partial charge is 0.124 e. The molecule has 0 amide bonds. The van der Waals surface area contributed by atoms with Crippen LogP contribution in [0, 0.1) is 0 Å². The van der Waals surface area contributed by atoms with Crippen LogP contribution in [0.3, 0.4) is 0 Å². The summed E-state index contributed by atoms with van der Waals surface area (Å²) >= 11 is 0. The van der Waals surface area contributed by atoms with E-state index in [4.69, 9.17) is 9.47 Å². The standard InChI is InChI=1S/C21H27NO3/c1-2-14-24-16-19-10-6-7-11-21(19)25-17-20(23)15-22-13-12-18-8-4-3-5-9-18/h2-11,20,22-23H,1,12-17H2. The molecule has 0 saturated carbocycles. The van der Waals surface area contributed by atoms with Crippen LogP contribution in [0.5, 0.6) is 5.75 Å². The molecule has 2 aromatic rings. The molecule has 0 aliphatic carbocycles. The number of nitrogens with one attached hydrogen (secondary N) is 1. The van der Waals surface area contributed by atoms with Crippen LogP contribution in [-0.4, -0.2) is 37.5 Å². The quantitative estimate of drug-likeness (QED) is 0.460.